The van der Waals surface area contributed by atoms with Crippen LogP contribution in [0.1, 0.15) is 23.2 Å². The molecule has 0 unspecified atom stereocenters. The number of rotatable bonds is 9. The number of carbonyl (C=O) groups is 1. The topological polar surface area (TPSA) is 220 Å². The van der Waals surface area contributed by atoms with E-state index in [1.807, 2.05) is 0 Å². The molecule has 0 bridgehead atoms. The molecule has 30 heavy (non-hydrogen) atoms. The van der Waals surface area contributed by atoms with Gasteiger partial charge in [-0.3, -0.25) is 0 Å². The van der Waals surface area contributed by atoms with E-state index in [9.17, 15) is 28.5 Å². The molecule has 0 saturated heterocycles. The number of carboxylic acid groups (broad SMARTS) is 1. The van der Waals surface area contributed by atoms with E-state index in [4.69, 9.17) is 25.2 Å². The number of primary sulfonamides is 1. The second kappa shape index (κ2) is 8.53. The summed E-state index contributed by atoms with van der Waals surface area (Å²) < 4.78 is 29.6. The van der Waals surface area contributed by atoms with Crippen molar-refractivity contribution >= 4 is 21.7 Å². The van der Waals surface area contributed by atoms with Gasteiger partial charge < -0.3 is 40.7 Å². The molecule has 0 aliphatic rings. The number of nitrogens with two attached hydrogens (primary N) is 1. The smallest absolute Gasteiger partial charge is 0.335 e. The largest absolute Gasteiger partial charge is 0.478 e. The van der Waals surface area contributed by atoms with Crippen LogP contribution in [0, 0.1) is 0 Å². The van der Waals surface area contributed by atoms with Gasteiger partial charge in [0.25, 0.3) is 5.97 Å². The third-order valence-corrected chi connectivity index (χ3v) is 4.63. The van der Waals surface area contributed by atoms with Crippen LogP contribution in [-0.2, 0) is 10.0 Å². The van der Waals surface area contributed by atoms with Crippen LogP contribution in [0.25, 0.3) is 0 Å². The highest BCUT2D eigenvalue weighted by Gasteiger charge is 2.32. The number of ether oxygens (including phenoxy) is 1. The van der Waals surface area contributed by atoms with E-state index < -0.39 is 62.6 Å². The number of benzene rings is 2. The maximum absolute atomic E-state index is 12.0. The van der Waals surface area contributed by atoms with Crippen LogP contribution in [-0.4, -0.2) is 56.9 Å². The minimum atomic E-state index is -4.53. The van der Waals surface area contributed by atoms with Crippen molar-refractivity contribution in [1.82, 2.24) is 0 Å². The number of hydrogen-bond donors (Lipinski definition) is 8. The Morgan fingerprint density at radius 1 is 1.03 bits per heavy atom. The summed E-state index contributed by atoms with van der Waals surface area (Å²) in [6, 6.07) is 9.28. The molecule has 2 aromatic carbocycles. The average molecular weight is 444 g/mol. The number of aliphatic hydroxyl groups is 5. The molecular weight excluding hydrogens is 424 g/mol. The SMILES string of the molecule is NS(=O)(=O)c1cc(C(=O)O)cc(NC(O)(O)CCC(O)(O)O)c1Oc1ccccc1. The Bertz CT molecular complexity index is 1020. The lowest BCUT2D eigenvalue weighted by Crippen LogP contribution is -2.41. The third-order valence-electron chi connectivity index (χ3n) is 3.72. The molecular formula is C17H20N2O10S. The first kappa shape index (κ1) is 23.5. The summed E-state index contributed by atoms with van der Waals surface area (Å²) in [5, 5.41) is 63.4. The van der Waals surface area contributed by atoms with Crippen molar-refractivity contribution in [1.29, 1.82) is 0 Å². The van der Waals surface area contributed by atoms with E-state index >= 15 is 0 Å². The van der Waals surface area contributed by atoms with Gasteiger partial charge in [-0.15, -0.1) is 0 Å². The summed E-state index contributed by atoms with van der Waals surface area (Å²) in [5.41, 5.74) is -1.06. The zero-order valence-corrected chi connectivity index (χ0v) is 16.1. The molecule has 13 heteroatoms. The zero-order valence-electron chi connectivity index (χ0n) is 15.3. The van der Waals surface area contributed by atoms with E-state index in [1.165, 1.54) is 12.1 Å². The predicted octanol–water partition coefficient (Wildman–Crippen LogP) is -0.714. The molecule has 9 N–H and O–H groups in total. The van der Waals surface area contributed by atoms with Gasteiger partial charge in [0.05, 0.1) is 11.3 Å². The quantitative estimate of drug-likeness (QED) is 0.226. The fraction of sp³-hybridized carbons (Fsp3) is 0.235. The highest BCUT2D eigenvalue weighted by Crippen LogP contribution is 2.38. The first-order valence-corrected chi connectivity index (χ1v) is 9.80. The highest BCUT2D eigenvalue weighted by molar-refractivity contribution is 7.89. The summed E-state index contributed by atoms with van der Waals surface area (Å²) in [7, 11) is -4.53. The van der Waals surface area contributed by atoms with Crippen LogP contribution >= 0.6 is 0 Å². The van der Waals surface area contributed by atoms with E-state index in [-0.39, 0.29) is 5.75 Å². The van der Waals surface area contributed by atoms with Gasteiger partial charge in [-0.1, -0.05) is 18.2 Å². The number of nitrogens with one attached hydrogen (secondary N) is 1. The summed E-state index contributed by atoms with van der Waals surface area (Å²) in [6.07, 6.45) is -1.80. The van der Waals surface area contributed by atoms with Crippen LogP contribution in [0.4, 0.5) is 5.69 Å². The molecule has 0 saturated carbocycles. The Kier molecular flexibility index (Phi) is 6.68. The van der Waals surface area contributed by atoms with Gasteiger partial charge >= 0.3 is 5.97 Å². The first-order valence-electron chi connectivity index (χ1n) is 8.25. The summed E-state index contributed by atoms with van der Waals surface area (Å²) >= 11 is 0. The molecule has 0 aliphatic heterocycles. The van der Waals surface area contributed by atoms with Gasteiger partial charge in [-0.2, -0.15) is 0 Å². The molecule has 2 rings (SSSR count). The number of anilines is 1. The fourth-order valence-electron chi connectivity index (χ4n) is 2.36. The van der Waals surface area contributed by atoms with E-state index in [0.29, 0.717) is 0 Å². The summed E-state index contributed by atoms with van der Waals surface area (Å²) in [6.45, 7) is 0. The maximum Gasteiger partial charge on any atom is 0.335 e. The molecule has 0 amide bonds. The molecule has 0 aromatic heterocycles. The molecule has 0 atom stereocenters. The monoisotopic (exact) mass is 444 g/mol. The molecule has 0 aliphatic carbocycles. The van der Waals surface area contributed by atoms with Crippen molar-refractivity contribution in [3.63, 3.8) is 0 Å². The molecule has 0 spiro atoms. The van der Waals surface area contributed by atoms with Gasteiger partial charge in [0.15, 0.2) is 5.75 Å². The molecule has 164 valence electrons. The van der Waals surface area contributed by atoms with E-state index in [1.54, 1.807) is 18.2 Å². The van der Waals surface area contributed by atoms with Crippen molar-refractivity contribution in [2.24, 2.45) is 5.14 Å². The lowest BCUT2D eigenvalue weighted by atomic mass is 10.1. The van der Waals surface area contributed by atoms with Crippen LogP contribution in [0.3, 0.4) is 0 Å². The lowest BCUT2D eigenvalue weighted by Gasteiger charge is -2.27. The Balaban J connectivity index is 2.60. The van der Waals surface area contributed by atoms with Crippen molar-refractivity contribution in [3.05, 3.63) is 48.0 Å². The Morgan fingerprint density at radius 2 is 1.63 bits per heavy atom. The minimum Gasteiger partial charge on any atom is -0.478 e. The average Bonchev–Trinajstić information content (AvgIpc) is 2.60. The fourth-order valence-corrected chi connectivity index (χ4v) is 3.06. The Hall–Kier alpha value is -2.78. The molecule has 0 heterocycles. The van der Waals surface area contributed by atoms with Gasteiger partial charge in [0.2, 0.25) is 15.9 Å². The Labute approximate surface area is 170 Å². The molecule has 0 fully saturated rings. The maximum atomic E-state index is 12.0. The molecule has 12 nitrogen and oxygen atoms in total. The van der Waals surface area contributed by atoms with Gasteiger partial charge in [-0.05, 0) is 24.3 Å². The summed E-state index contributed by atoms with van der Waals surface area (Å²) in [4.78, 5) is 10.6. The second-order valence-corrected chi connectivity index (χ2v) is 7.86. The van der Waals surface area contributed by atoms with E-state index in [2.05, 4.69) is 5.32 Å². The molecule has 0 radical (unpaired) electrons. The van der Waals surface area contributed by atoms with Crippen LogP contribution in [0.5, 0.6) is 11.5 Å². The van der Waals surface area contributed by atoms with Gasteiger partial charge in [-0.25, -0.2) is 18.4 Å². The first-order chi connectivity index (χ1) is 13.7. The zero-order chi connectivity index (χ0) is 22.7. The molecule has 2 aromatic rings. The predicted molar refractivity (Wildman–Crippen MR) is 101 cm³/mol. The van der Waals surface area contributed by atoms with E-state index in [0.717, 1.165) is 12.1 Å². The number of carboxylic acids is 1. The van der Waals surface area contributed by atoms with Crippen LogP contribution in [0.15, 0.2) is 47.4 Å². The van der Waals surface area contributed by atoms with Crippen molar-refractivity contribution in [2.45, 2.75) is 29.6 Å². The summed E-state index contributed by atoms with van der Waals surface area (Å²) in [5.74, 6) is -8.12. The van der Waals surface area contributed by atoms with Gasteiger partial charge in [0.1, 0.15) is 10.6 Å². The highest BCUT2D eigenvalue weighted by atomic mass is 32.2. The standard InChI is InChI=1S/C17H20N2O10S/c18-30(27,28)13-9-10(15(20)21)8-12(14(13)29-11-4-2-1-3-5-11)19-16(22,23)6-7-17(24,25)26/h1-5,8-9,19,22-26H,6-7H2,(H,20,21)(H2,18,27,28). The van der Waals surface area contributed by atoms with Crippen molar-refractivity contribution < 1.29 is 48.6 Å². The van der Waals surface area contributed by atoms with Crippen molar-refractivity contribution in [3.8, 4) is 11.5 Å². The van der Waals surface area contributed by atoms with Gasteiger partial charge in [0, 0.05) is 12.8 Å². The number of aromatic carboxylic acids is 1. The lowest BCUT2D eigenvalue weighted by molar-refractivity contribution is -0.322. The number of hydrogen-bond acceptors (Lipinski definition) is 10. The Morgan fingerprint density at radius 3 is 2.13 bits per heavy atom. The van der Waals surface area contributed by atoms with Crippen LogP contribution in [0.2, 0.25) is 0 Å². The normalized spacial score (nSPS) is 12.5. The minimum absolute atomic E-state index is 0.120. The second-order valence-electron chi connectivity index (χ2n) is 6.33. The number of sulfonamides is 1. The number of para-hydroxylation sites is 1. The van der Waals surface area contributed by atoms with Crippen molar-refractivity contribution in [2.75, 3.05) is 5.32 Å². The third kappa shape index (κ3) is 6.64. The van der Waals surface area contributed by atoms with Crippen LogP contribution < -0.4 is 15.2 Å².